The van der Waals surface area contributed by atoms with E-state index in [2.05, 4.69) is 15.4 Å². The molecule has 0 fully saturated rings. The van der Waals surface area contributed by atoms with Crippen molar-refractivity contribution in [1.82, 2.24) is 14.8 Å². The molecule has 0 saturated heterocycles. The second-order valence-corrected chi connectivity index (χ2v) is 4.92. The Morgan fingerprint density at radius 3 is 2.46 bits per heavy atom. The third kappa shape index (κ3) is 4.31. The Morgan fingerprint density at radius 1 is 1.12 bits per heavy atom. The molecule has 2 heterocycles. The van der Waals surface area contributed by atoms with Crippen LogP contribution in [0.15, 0.2) is 48.8 Å². The summed E-state index contributed by atoms with van der Waals surface area (Å²) >= 11 is 0. The van der Waals surface area contributed by atoms with Crippen LogP contribution in [0.5, 0.6) is 0 Å². The van der Waals surface area contributed by atoms with Crippen LogP contribution in [-0.4, -0.2) is 26.8 Å². The SMILES string of the molecule is O=C([O-])c1cccnc1-c1ccn(C(=O)Nc2cc(F)cc(F)c2)n1.[Na+]. The van der Waals surface area contributed by atoms with Gasteiger partial charge in [0.05, 0.1) is 11.7 Å². The molecule has 0 bridgehead atoms. The number of hydrogen-bond acceptors (Lipinski definition) is 5. The van der Waals surface area contributed by atoms with Gasteiger partial charge in [-0.25, -0.2) is 13.6 Å². The topological polar surface area (TPSA) is 99.9 Å². The Morgan fingerprint density at radius 2 is 1.81 bits per heavy atom. The Balaban J connectivity index is 0.00000243. The fraction of sp³-hybridized carbons (Fsp3) is 0. The molecule has 26 heavy (non-hydrogen) atoms. The zero-order chi connectivity index (χ0) is 18.0. The Bertz CT molecular complexity index is 957. The number of carbonyl (C=O) groups is 2. The number of anilines is 1. The average molecular weight is 366 g/mol. The molecule has 10 heteroatoms. The standard InChI is InChI=1S/C16H10F2N4O3.Na/c17-9-6-10(18)8-11(7-9)20-16(25)22-5-3-13(21-22)14-12(15(23)24)2-1-4-19-14;/h1-8H,(H,20,25)(H,23,24);/q;+1/p-1. The van der Waals surface area contributed by atoms with E-state index in [1.165, 1.54) is 30.6 Å². The van der Waals surface area contributed by atoms with Crippen molar-refractivity contribution >= 4 is 17.7 Å². The molecule has 0 aliphatic carbocycles. The number of pyridine rings is 1. The van der Waals surface area contributed by atoms with Crippen LogP contribution < -0.4 is 40.0 Å². The fourth-order valence-corrected chi connectivity index (χ4v) is 2.14. The van der Waals surface area contributed by atoms with Gasteiger partial charge in [0.1, 0.15) is 17.3 Å². The zero-order valence-corrected chi connectivity index (χ0v) is 15.4. The number of benzene rings is 1. The average Bonchev–Trinajstić information content (AvgIpc) is 3.03. The first kappa shape index (κ1) is 19.7. The molecule has 3 aromatic rings. The molecular formula is C16H9F2N4NaO3. The van der Waals surface area contributed by atoms with Gasteiger partial charge in [-0.05, 0) is 30.3 Å². The van der Waals surface area contributed by atoms with Crippen LogP contribution in [0.3, 0.4) is 0 Å². The van der Waals surface area contributed by atoms with Crippen LogP contribution in [0.25, 0.3) is 11.4 Å². The number of rotatable bonds is 3. The van der Waals surface area contributed by atoms with Gasteiger partial charge in [-0.15, -0.1) is 0 Å². The Hall–Kier alpha value is -2.62. The summed E-state index contributed by atoms with van der Waals surface area (Å²) in [4.78, 5) is 27.1. The molecule has 0 radical (unpaired) electrons. The van der Waals surface area contributed by atoms with Crippen molar-refractivity contribution in [3.8, 4) is 11.4 Å². The van der Waals surface area contributed by atoms with Crippen LogP contribution in [0, 0.1) is 11.6 Å². The van der Waals surface area contributed by atoms with Gasteiger partial charge in [0.25, 0.3) is 0 Å². The molecule has 0 saturated carbocycles. The quantitative estimate of drug-likeness (QED) is 0.579. The number of carboxylic acids is 1. The summed E-state index contributed by atoms with van der Waals surface area (Å²) in [5, 5.41) is 17.3. The number of halogens is 2. The zero-order valence-electron chi connectivity index (χ0n) is 13.4. The van der Waals surface area contributed by atoms with Crippen molar-refractivity contribution in [3.63, 3.8) is 0 Å². The van der Waals surface area contributed by atoms with E-state index in [-0.39, 0.29) is 52.2 Å². The molecule has 2 aromatic heterocycles. The van der Waals surface area contributed by atoms with E-state index >= 15 is 0 Å². The minimum absolute atomic E-state index is 0. The van der Waals surface area contributed by atoms with Crippen molar-refractivity contribution in [2.45, 2.75) is 0 Å². The summed E-state index contributed by atoms with van der Waals surface area (Å²) in [6.07, 6.45) is 2.63. The molecular weight excluding hydrogens is 357 g/mol. The van der Waals surface area contributed by atoms with Crippen LogP contribution in [0.4, 0.5) is 19.3 Å². The number of aromatic carboxylic acids is 1. The van der Waals surface area contributed by atoms with Gasteiger partial charge < -0.3 is 15.2 Å². The fourth-order valence-electron chi connectivity index (χ4n) is 2.14. The summed E-state index contributed by atoms with van der Waals surface area (Å²) in [5.74, 6) is -3.12. The van der Waals surface area contributed by atoms with Crippen LogP contribution in [0.2, 0.25) is 0 Å². The number of carbonyl (C=O) groups excluding carboxylic acids is 2. The Labute approximate surface area is 168 Å². The first-order chi connectivity index (χ1) is 11.9. The molecule has 0 aliphatic rings. The summed E-state index contributed by atoms with van der Waals surface area (Å²) in [6, 6.07) is 5.87. The maximum atomic E-state index is 13.1. The minimum atomic E-state index is -1.43. The van der Waals surface area contributed by atoms with Gasteiger partial charge >= 0.3 is 35.6 Å². The molecule has 0 spiro atoms. The van der Waals surface area contributed by atoms with Gasteiger partial charge in [0.15, 0.2) is 0 Å². The molecule has 1 N–H and O–H groups in total. The van der Waals surface area contributed by atoms with Crippen molar-refractivity contribution in [3.05, 3.63) is 66.0 Å². The summed E-state index contributed by atoms with van der Waals surface area (Å²) in [6.45, 7) is 0. The predicted octanol–water partition coefficient (Wildman–Crippen LogP) is -1.33. The van der Waals surface area contributed by atoms with Crippen molar-refractivity contribution in [2.75, 3.05) is 5.32 Å². The van der Waals surface area contributed by atoms with E-state index in [4.69, 9.17) is 0 Å². The van der Waals surface area contributed by atoms with E-state index in [1.807, 2.05) is 0 Å². The second-order valence-electron chi connectivity index (χ2n) is 4.92. The second kappa shape index (κ2) is 8.17. The summed E-state index contributed by atoms with van der Waals surface area (Å²) in [7, 11) is 0. The number of amides is 1. The van der Waals surface area contributed by atoms with Gasteiger partial charge in [0, 0.05) is 29.7 Å². The molecule has 126 valence electrons. The van der Waals surface area contributed by atoms with Gasteiger partial charge in [-0.2, -0.15) is 9.78 Å². The first-order valence-corrected chi connectivity index (χ1v) is 6.94. The van der Waals surface area contributed by atoms with E-state index in [0.29, 0.717) is 6.07 Å². The van der Waals surface area contributed by atoms with Crippen molar-refractivity contribution in [2.24, 2.45) is 0 Å². The molecule has 0 aliphatic heterocycles. The van der Waals surface area contributed by atoms with E-state index < -0.39 is 23.6 Å². The minimum Gasteiger partial charge on any atom is -0.545 e. The van der Waals surface area contributed by atoms with Gasteiger partial charge in [0.2, 0.25) is 0 Å². The third-order valence-electron chi connectivity index (χ3n) is 3.18. The third-order valence-corrected chi connectivity index (χ3v) is 3.18. The molecule has 7 nitrogen and oxygen atoms in total. The molecule has 0 atom stereocenters. The van der Waals surface area contributed by atoms with Crippen LogP contribution >= 0.6 is 0 Å². The largest absolute Gasteiger partial charge is 1.00 e. The number of aromatic nitrogens is 3. The molecule has 1 amide bonds. The van der Waals surface area contributed by atoms with Crippen LogP contribution in [0.1, 0.15) is 10.4 Å². The van der Waals surface area contributed by atoms with E-state index in [0.717, 1.165) is 16.8 Å². The van der Waals surface area contributed by atoms with E-state index in [1.54, 1.807) is 0 Å². The van der Waals surface area contributed by atoms with Crippen LogP contribution in [-0.2, 0) is 0 Å². The maximum absolute atomic E-state index is 13.1. The van der Waals surface area contributed by atoms with Gasteiger partial charge in [-0.1, -0.05) is 0 Å². The normalized spacial score (nSPS) is 10.1. The first-order valence-electron chi connectivity index (χ1n) is 6.94. The van der Waals surface area contributed by atoms with E-state index in [9.17, 15) is 23.5 Å². The number of hydrogen-bond donors (Lipinski definition) is 1. The molecule has 1 aromatic carbocycles. The maximum Gasteiger partial charge on any atom is 1.00 e. The molecule has 3 rings (SSSR count). The van der Waals surface area contributed by atoms with Crippen molar-refractivity contribution < 1.29 is 53.0 Å². The van der Waals surface area contributed by atoms with Crippen molar-refractivity contribution in [1.29, 1.82) is 0 Å². The smallest absolute Gasteiger partial charge is 0.545 e. The monoisotopic (exact) mass is 366 g/mol. The van der Waals surface area contributed by atoms with Gasteiger partial charge in [-0.3, -0.25) is 4.98 Å². The summed E-state index contributed by atoms with van der Waals surface area (Å²) in [5.41, 5.74) is -0.112. The Kier molecular flexibility index (Phi) is 6.19. The number of nitrogens with zero attached hydrogens (tertiary/aromatic N) is 3. The molecule has 0 unspecified atom stereocenters. The number of nitrogens with one attached hydrogen (secondary N) is 1. The predicted molar refractivity (Wildman–Crippen MR) is 80.6 cm³/mol. The number of carboxylic acid groups (broad SMARTS) is 1. The summed E-state index contributed by atoms with van der Waals surface area (Å²) < 4.78 is 27.1.